The van der Waals surface area contributed by atoms with E-state index in [9.17, 15) is 0 Å². The Kier molecular flexibility index (Phi) is 10.9. The molecule has 0 saturated carbocycles. The minimum absolute atomic E-state index is 0. The van der Waals surface area contributed by atoms with Gasteiger partial charge in [-0.25, -0.2) is 0 Å². The zero-order valence-electron chi connectivity index (χ0n) is 19.6. The fourth-order valence-electron chi connectivity index (χ4n) is 4.71. The van der Waals surface area contributed by atoms with E-state index < -0.39 is 0 Å². The van der Waals surface area contributed by atoms with Gasteiger partial charge in [-0.05, 0) is 61.3 Å². The molecule has 2 N–H and O–H groups in total. The number of hydrogen-bond acceptors (Lipinski definition) is 4. The molecule has 33 heavy (non-hydrogen) atoms. The lowest BCUT2D eigenvalue weighted by Crippen LogP contribution is -2.47. The third kappa shape index (κ3) is 8.84. The molecule has 5 nitrogen and oxygen atoms in total. The van der Waals surface area contributed by atoms with Crippen LogP contribution < -0.4 is 0 Å². The van der Waals surface area contributed by atoms with Crippen molar-refractivity contribution < 1.29 is 5.48 Å². The maximum absolute atomic E-state index is 5.99. The molecule has 2 fully saturated rings. The molecule has 0 atom stereocenters. The first-order valence-electron chi connectivity index (χ1n) is 12.0. The minimum Gasteiger partial charge on any atom is -0.412 e. The Bertz CT molecular complexity index is 733. The summed E-state index contributed by atoms with van der Waals surface area (Å²) in [6, 6.07) is 16.6. The van der Waals surface area contributed by atoms with Crippen LogP contribution >= 0.6 is 23.2 Å². The van der Waals surface area contributed by atoms with Gasteiger partial charge in [0.05, 0.1) is 0 Å². The molecule has 0 aliphatic carbocycles. The zero-order chi connectivity index (χ0) is 22.2. The SMILES string of the molecule is Clc1ccc(CN2CCN(CCCCN3CCN(Cc4ccc(Cl)cc4)CC3)CC2)cc1.O. The highest BCUT2D eigenvalue weighted by molar-refractivity contribution is 6.30. The largest absolute Gasteiger partial charge is 0.412 e. The van der Waals surface area contributed by atoms with Crippen LogP contribution in [0.3, 0.4) is 0 Å². The molecule has 182 valence electrons. The molecule has 0 bridgehead atoms. The van der Waals surface area contributed by atoms with Crippen molar-refractivity contribution in [2.75, 3.05) is 65.4 Å². The fraction of sp³-hybridized carbons (Fsp3) is 0.538. The van der Waals surface area contributed by atoms with Crippen molar-refractivity contribution in [3.8, 4) is 0 Å². The van der Waals surface area contributed by atoms with Crippen molar-refractivity contribution in [3.63, 3.8) is 0 Å². The lowest BCUT2D eigenvalue weighted by Gasteiger charge is -2.36. The van der Waals surface area contributed by atoms with Crippen LogP contribution in [-0.2, 0) is 13.1 Å². The summed E-state index contributed by atoms with van der Waals surface area (Å²) < 4.78 is 0. The molecule has 2 aromatic rings. The van der Waals surface area contributed by atoms with Gasteiger partial charge in [-0.2, -0.15) is 0 Å². The molecule has 7 heteroatoms. The molecule has 0 unspecified atom stereocenters. The molecular weight excluding hydrogens is 455 g/mol. The van der Waals surface area contributed by atoms with E-state index in [0.29, 0.717) is 0 Å². The van der Waals surface area contributed by atoms with Gasteiger partial charge in [0.1, 0.15) is 0 Å². The Morgan fingerprint density at radius 2 is 0.788 bits per heavy atom. The summed E-state index contributed by atoms with van der Waals surface area (Å²) in [6.07, 6.45) is 2.62. The summed E-state index contributed by atoms with van der Waals surface area (Å²) in [5, 5.41) is 1.64. The van der Waals surface area contributed by atoms with Gasteiger partial charge >= 0.3 is 0 Å². The van der Waals surface area contributed by atoms with Gasteiger partial charge in [-0.1, -0.05) is 47.5 Å². The van der Waals surface area contributed by atoms with Crippen molar-refractivity contribution in [1.82, 2.24) is 19.6 Å². The summed E-state index contributed by atoms with van der Waals surface area (Å²) in [7, 11) is 0. The molecule has 2 aliphatic heterocycles. The molecule has 2 heterocycles. The molecule has 2 aromatic carbocycles. The van der Waals surface area contributed by atoms with Crippen LogP contribution in [0.5, 0.6) is 0 Å². The van der Waals surface area contributed by atoms with Gasteiger partial charge < -0.3 is 15.3 Å². The Morgan fingerprint density at radius 1 is 0.485 bits per heavy atom. The number of benzene rings is 2. The Balaban J connectivity index is 0.00000306. The second-order valence-electron chi connectivity index (χ2n) is 9.20. The minimum atomic E-state index is 0. The smallest absolute Gasteiger partial charge is 0.0406 e. The number of nitrogens with zero attached hydrogens (tertiary/aromatic N) is 4. The molecule has 0 spiro atoms. The van der Waals surface area contributed by atoms with E-state index in [1.54, 1.807) is 0 Å². The summed E-state index contributed by atoms with van der Waals surface area (Å²) in [5.41, 5.74) is 2.72. The van der Waals surface area contributed by atoms with Gasteiger partial charge in [-0.15, -0.1) is 0 Å². The van der Waals surface area contributed by atoms with Crippen LogP contribution in [0.25, 0.3) is 0 Å². The molecule has 2 aliphatic rings. The van der Waals surface area contributed by atoms with Crippen molar-refractivity contribution in [3.05, 3.63) is 69.7 Å². The first-order valence-corrected chi connectivity index (χ1v) is 12.8. The third-order valence-corrected chi connectivity index (χ3v) is 7.27. The highest BCUT2D eigenvalue weighted by Crippen LogP contribution is 2.15. The maximum atomic E-state index is 5.99. The molecular formula is C26H38Cl2N4O. The van der Waals surface area contributed by atoms with E-state index in [1.807, 2.05) is 24.3 Å². The third-order valence-electron chi connectivity index (χ3n) is 6.77. The molecule has 0 radical (unpaired) electrons. The first-order chi connectivity index (χ1) is 15.6. The fourth-order valence-corrected chi connectivity index (χ4v) is 4.96. The number of piperazine rings is 2. The maximum Gasteiger partial charge on any atom is 0.0406 e. The lowest BCUT2D eigenvalue weighted by atomic mass is 10.2. The van der Waals surface area contributed by atoms with Gasteiger partial charge in [0, 0.05) is 75.5 Å². The second kappa shape index (κ2) is 13.6. The standard InChI is InChI=1S/C26H36Cl2N4.H2O/c27-25-7-3-23(4-8-25)21-31-17-13-29(14-18-31)11-1-2-12-30-15-19-32(20-16-30)22-24-5-9-26(28)10-6-24;/h3-10H,1-2,11-22H2;1H2. The van der Waals surface area contributed by atoms with Gasteiger partial charge in [-0.3, -0.25) is 9.80 Å². The normalized spacial score (nSPS) is 18.8. The summed E-state index contributed by atoms with van der Waals surface area (Å²) in [4.78, 5) is 10.4. The van der Waals surface area contributed by atoms with Crippen molar-refractivity contribution in [1.29, 1.82) is 0 Å². The quantitative estimate of drug-likeness (QED) is 0.498. The van der Waals surface area contributed by atoms with E-state index >= 15 is 0 Å². The monoisotopic (exact) mass is 492 g/mol. The Hall–Kier alpha value is -1.18. The average Bonchev–Trinajstić information content (AvgIpc) is 2.82. The van der Waals surface area contributed by atoms with Crippen molar-refractivity contribution >= 4 is 23.2 Å². The van der Waals surface area contributed by atoms with Crippen LogP contribution in [0.4, 0.5) is 0 Å². The van der Waals surface area contributed by atoms with E-state index in [2.05, 4.69) is 43.9 Å². The number of halogens is 2. The van der Waals surface area contributed by atoms with E-state index in [-0.39, 0.29) is 5.48 Å². The predicted octanol–water partition coefficient (Wildman–Crippen LogP) is 3.88. The van der Waals surface area contributed by atoms with E-state index in [4.69, 9.17) is 23.2 Å². The van der Waals surface area contributed by atoms with Crippen molar-refractivity contribution in [2.45, 2.75) is 25.9 Å². The van der Waals surface area contributed by atoms with E-state index in [0.717, 1.165) is 49.3 Å². The Morgan fingerprint density at radius 3 is 1.12 bits per heavy atom. The summed E-state index contributed by atoms with van der Waals surface area (Å²) in [6.45, 7) is 14.0. The van der Waals surface area contributed by atoms with Crippen LogP contribution in [-0.4, -0.2) is 90.5 Å². The second-order valence-corrected chi connectivity index (χ2v) is 10.1. The summed E-state index contributed by atoms with van der Waals surface area (Å²) in [5.74, 6) is 0. The van der Waals surface area contributed by atoms with Gasteiger partial charge in [0.15, 0.2) is 0 Å². The topological polar surface area (TPSA) is 44.5 Å². The van der Waals surface area contributed by atoms with E-state index in [1.165, 1.54) is 63.2 Å². The van der Waals surface area contributed by atoms with Gasteiger partial charge in [0.2, 0.25) is 0 Å². The van der Waals surface area contributed by atoms with Crippen LogP contribution in [0.2, 0.25) is 10.0 Å². The van der Waals surface area contributed by atoms with Gasteiger partial charge in [0.25, 0.3) is 0 Å². The molecule has 0 aromatic heterocycles. The average molecular weight is 494 g/mol. The van der Waals surface area contributed by atoms with Crippen molar-refractivity contribution in [2.24, 2.45) is 0 Å². The number of hydrogen-bond donors (Lipinski definition) is 0. The van der Waals surface area contributed by atoms with Crippen LogP contribution in [0.1, 0.15) is 24.0 Å². The molecule has 2 saturated heterocycles. The molecule has 4 rings (SSSR count). The first kappa shape index (κ1) is 26.4. The highest BCUT2D eigenvalue weighted by Gasteiger charge is 2.18. The predicted molar refractivity (Wildman–Crippen MR) is 139 cm³/mol. The number of unbranched alkanes of at least 4 members (excludes halogenated alkanes) is 1. The van der Waals surface area contributed by atoms with Crippen LogP contribution in [0.15, 0.2) is 48.5 Å². The molecule has 0 amide bonds. The lowest BCUT2D eigenvalue weighted by molar-refractivity contribution is 0.114. The van der Waals surface area contributed by atoms with Crippen LogP contribution in [0, 0.1) is 0 Å². The Labute approximate surface area is 209 Å². The number of rotatable bonds is 9. The highest BCUT2D eigenvalue weighted by atomic mass is 35.5. The summed E-state index contributed by atoms with van der Waals surface area (Å²) >= 11 is 12.0. The zero-order valence-corrected chi connectivity index (χ0v) is 21.1.